The lowest BCUT2D eigenvalue weighted by molar-refractivity contribution is -0.0226. The second kappa shape index (κ2) is 6.56. The number of hydrogen-bond acceptors (Lipinski definition) is 3. The van der Waals surface area contributed by atoms with Gasteiger partial charge in [-0.05, 0) is 97.1 Å². The van der Waals surface area contributed by atoms with E-state index >= 15 is 0 Å². The fourth-order valence-electron chi connectivity index (χ4n) is 6.21. The van der Waals surface area contributed by atoms with E-state index in [2.05, 4.69) is 35.4 Å². The van der Waals surface area contributed by atoms with Crippen LogP contribution >= 0.6 is 0 Å². The van der Waals surface area contributed by atoms with Gasteiger partial charge in [-0.1, -0.05) is 31.2 Å². The Balaban J connectivity index is 1.40. The number of aryl methyl sites for hydroxylation is 1. The Bertz CT molecular complexity index is 862. The number of nitrogens with zero attached hydrogens (tertiary/aromatic N) is 2. The molecule has 27 heavy (non-hydrogen) atoms. The molecule has 0 spiro atoms. The Morgan fingerprint density at radius 1 is 0.926 bits per heavy atom. The van der Waals surface area contributed by atoms with E-state index in [0.29, 0.717) is 11.8 Å². The van der Waals surface area contributed by atoms with Crippen molar-refractivity contribution in [3.8, 4) is 0 Å². The topological polar surface area (TPSA) is 45.0 Å². The molecule has 0 saturated heterocycles. The number of azo groups is 1. The summed E-state index contributed by atoms with van der Waals surface area (Å²) in [4.78, 5) is 0. The zero-order valence-corrected chi connectivity index (χ0v) is 16.0. The summed E-state index contributed by atoms with van der Waals surface area (Å²) in [7, 11) is 0. The van der Waals surface area contributed by atoms with E-state index in [-0.39, 0.29) is 11.5 Å². The van der Waals surface area contributed by atoms with E-state index in [1.807, 2.05) is 30.3 Å². The monoisotopic (exact) mass is 360 g/mol. The molecule has 3 aliphatic rings. The molecule has 1 N–H and O–H groups in total. The largest absolute Gasteiger partial charge is 0.393 e. The molecule has 2 fully saturated rings. The van der Waals surface area contributed by atoms with Crippen molar-refractivity contribution in [2.45, 2.75) is 57.5 Å². The van der Waals surface area contributed by atoms with Crippen LogP contribution in [0.2, 0.25) is 0 Å². The molecule has 5 rings (SSSR count). The summed E-state index contributed by atoms with van der Waals surface area (Å²) in [6, 6.07) is 16.6. The number of benzene rings is 2. The van der Waals surface area contributed by atoms with Gasteiger partial charge in [-0.25, -0.2) is 0 Å². The van der Waals surface area contributed by atoms with Crippen molar-refractivity contribution >= 4 is 11.4 Å². The van der Waals surface area contributed by atoms with Crippen molar-refractivity contribution in [3.63, 3.8) is 0 Å². The zero-order valence-electron chi connectivity index (χ0n) is 16.0. The summed E-state index contributed by atoms with van der Waals surface area (Å²) < 4.78 is 0. The van der Waals surface area contributed by atoms with Crippen LogP contribution in [0, 0.1) is 17.3 Å². The maximum atomic E-state index is 10.5. The van der Waals surface area contributed by atoms with Gasteiger partial charge in [-0.2, -0.15) is 10.2 Å². The Morgan fingerprint density at radius 2 is 1.74 bits per heavy atom. The molecule has 3 heteroatoms. The minimum absolute atomic E-state index is 0.0920. The van der Waals surface area contributed by atoms with Crippen molar-refractivity contribution in [1.82, 2.24) is 0 Å². The first-order chi connectivity index (χ1) is 13.1. The smallest absolute Gasteiger partial charge is 0.0860 e. The number of aliphatic hydroxyl groups is 1. The zero-order chi connectivity index (χ0) is 18.4. The molecule has 2 aromatic rings. The van der Waals surface area contributed by atoms with Crippen molar-refractivity contribution in [3.05, 3.63) is 59.7 Å². The van der Waals surface area contributed by atoms with Crippen LogP contribution in [0.5, 0.6) is 0 Å². The van der Waals surface area contributed by atoms with Gasteiger partial charge in [0.15, 0.2) is 0 Å². The van der Waals surface area contributed by atoms with Crippen LogP contribution in [0.3, 0.4) is 0 Å². The van der Waals surface area contributed by atoms with Gasteiger partial charge in [0.25, 0.3) is 0 Å². The van der Waals surface area contributed by atoms with Crippen LogP contribution in [0.25, 0.3) is 0 Å². The van der Waals surface area contributed by atoms with Crippen LogP contribution in [0.15, 0.2) is 58.8 Å². The highest BCUT2D eigenvalue weighted by molar-refractivity contribution is 5.47. The van der Waals surface area contributed by atoms with Gasteiger partial charge in [0, 0.05) is 0 Å². The Kier molecular flexibility index (Phi) is 4.16. The van der Waals surface area contributed by atoms with Gasteiger partial charge in [-0.15, -0.1) is 0 Å². The van der Waals surface area contributed by atoms with Crippen molar-refractivity contribution in [1.29, 1.82) is 0 Å². The van der Waals surface area contributed by atoms with Crippen molar-refractivity contribution < 1.29 is 5.11 Å². The molecule has 0 aromatic heterocycles. The highest BCUT2D eigenvalue weighted by Gasteiger charge is 2.54. The van der Waals surface area contributed by atoms with Crippen LogP contribution < -0.4 is 0 Å². The van der Waals surface area contributed by atoms with Gasteiger partial charge in [0.2, 0.25) is 0 Å². The van der Waals surface area contributed by atoms with Gasteiger partial charge in [-0.3, -0.25) is 0 Å². The van der Waals surface area contributed by atoms with E-state index in [1.54, 1.807) is 0 Å². The molecule has 0 aliphatic heterocycles. The van der Waals surface area contributed by atoms with Crippen LogP contribution in [-0.2, 0) is 6.42 Å². The highest BCUT2D eigenvalue weighted by Crippen LogP contribution is 2.60. The molecule has 3 nitrogen and oxygen atoms in total. The molecule has 5 unspecified atom stereocenters. The minimum atomic E-state index is -0.0920. The van der Waals surface area contributed by atoms with Gasteiger partial charge in [0.05, 0.1) is 17.5 Å². The van der Waals surface area contributed by atoms with Crippen LogP contribution in [0.1, 0.15) is 56.1 Å². The normalized spacial score (nSPS) is 34.9. The average Bonchev–Trinajstić information content (AvgIpc) is 3.01. The Morgan fingerprint density at radius 3 is 2.59 bits per heavy atom. The molecule has 0 heterocycles. The number of rotatable bonds is 2. The van der Waals surface area contributed by atoms with E-state index in [1.165, 1.54) is 30.4 Å². The van der Waals surface area contributed by atoms with Gasteiger partial charge >= 0.3 is 0 Å². The first-order valence-corrected chi connectivity index (χ1v) is 10.4. The third-order valence-electron chi connectivity index (χ3n) is 7.70. The molecule has 0 amide bonds. The summed E-state index contributed by atoms with van der Waals surface area (Å²) in [6.45, 7) is 2.34. The van der Waals surface area contributed by atoms with Crippen LogP contribution in [0.4, 0.5) is 11.4 Å². The quantitative estimate of drug-likeness (QED) is 0.626. The standard InChI is InChI=1S/C24H28N2O/c1-24-14-13-20-19-10-8-18(26-25-17-5-3-2-4-6-17)15-16(19)7-9-21(20)22(24)11-12-23(24)27/h2-6,8,10,15,20-23,27H,7,9,11-14H2,1H3. The fourth-order valence-corrected chi connectivity index (χ4v) is 6.21. The maximum Gasteiger partial charge on any atom is 0.0860 e. The summed E-state index contributed by atoms with van der Waals surface area (Å²) in [6.07, 6.45) is 6.87. The highest BCUT2D eigenvalue weighted by atomic mass is 16.3. The molecule has 0 bridgehead atoms. The van der Waals surface area contributed by atoms with Crippen LogP contribution in [-0.4, -0.2) is 11.2 Å². The number of fused-ring (bicyclic) bond motifs is 5. The minimum Gasteiger partial charge on any atom is -0.393 e. The molecular weight excluding hydrogens is 332 g/mol. The molecule has 140 valence electrons. The third kappa shape index (κ3) is 2.84. The van der Waals surface area contributed by atoms with E-state index in [9.17, 15) is 5.11 Å². The fraction of sp³-hybridized carbons (Fsp3) is 0.500. The Hall–Kier alpha value is -2.00. The van der Waals surface area contributed by atoms with Gasteiger partial charge in [0.1, 0.15) is 0 Å². The summed E-state index contributed by atoms with van der Waals surface area (Å²) in [5.41, 5.74) is 4.99. The number of aliphatic hydroxyl groups excluding tert-OH is 1. The first kappa shape index (κ1) is 17.1. The lowest BCUT2D eigenvalue weighted by Gasteiger charge is -2.50. The predicted molar refractivity (Wildman–Crippen MR) is 108 cm³/mol. The van der Waals surface area contributed by atoms with Gasteiger partial charge < -0.3 is 5.11 Å². The maximum absolute atomic E-state index is 10.5. The average molecular weight is 361 g/mol. The summed E-state index contributed by atoms with van der Waals surface area (Å²) in [5, 5.41) is 19.4. The van der Waals surface area contributed by atoms with Crippen molar-refractivity contribution in [2.24, 2.45) is 27.5 Å². The lowest BCUT2D eigenvalue weighted by Crippen LogP contribution is -2.43. The molecule has 3 aliphatic carbocycles. The van der Waals surface area contributed by atoms with Crippen molar-refractivity contribution in [2.75, 3.05) is 0 Å². The van der Waals surface area contributed by atoms with E-state index in [4.69, 9.17) is 0 Å². The number of hydrogen-bond donors (Lipinski definition) is 1. The third-order valence-corrected chi connectivity index (χ3v) is 7.70. The Labute approximate surface area is 161 Å². The SMILES string of the molecule is CC12CCC3c4ccc(N=Nc5ccccc5)cc4CCC3C1CCC2O. The lowest BCUT2D eigenvalue weighted by atomic mass is 9.55. The molecule has 2 saturated carbocycles. The second-order valence-electron chi connectivity index (χ2n) is 8.97. The van der Waals surface area contributed by atoms with E-state index in [0.717, 1.165) is 36.6 Å². The predicted octanol–water partition coefficient (Wildman–Crippen LogP) is 6.32. The molecule has 5 atom stereocenters. The molecule has 0 radical (unpaired) electrons. The second-order valence-corrected chi connectivity index (χ2v) is 8.97. The summed E-state index contributed by atoms with van der Waals surface area (Å²) >= 11 is 0. The first-order valence-electron chi connectivity index (χ1n) is 10.4. The molecular formula is C24H28N2O. The molecule has 2 aromatic carbocycles. The van der Waals surface area contributed by atoms with E-state index < -0.39 is 0 Å². The summed E-state index contributed by atoms with van der Waals surface area (Å²) in [5.74, 6) is 2.10.